The lowest BCUT2D eigenvalue weighted by Gasteiger charge is -2.38. The van der Waals surface area contributed by atoms with Crippen LogP contribution in [0.3, 0.4) is 0 Å². The number of hydrogen-bond donors (Lipinski definition) is 1. The van der Waals surface area contributed by atoms with E-state index in [-0.39, 0.29) is 0 Å². The molecule has 3 atom stereocenters. The van der Waals surface area contributed by atoms with Crippen molar-refractivity contribution in [2.24, 2.45) is 11.8 Å². The van der Waals surface area contributed by atoms with Gasteiger partial charge in [-0.25, -0.2) is 0 Å². The fourth-order valence-electron chi connectivity index (χ4n) is 2.95. The Labute approximate surface area is 98.8 Å². The summed E-state index contributed by atoms with van der Waals surface area (Å²) in [6.45, 7) is 5.57. The third kappa shape index (κ3) is 4.12. The molecule has 16 heavy (non-hydrogen) atoms. The van der Waals surface area contributed by atoms with Crippen LogP contribution in [0, 0.1) is 11.8 Å². The molecule has 1 saturated carbocycles. The van der Waals surface area contributed by atoms with Gasteiger partial charge in [0.15, 0.2) is 0 Å². The molecule has 0 bridgehead atoms. The van der Waals surface area contributed by atoms with E-state index in [2.05, 4.69) is 25.8 Å². The molecule has 0 amide bonds. The Hall–Kier alpha value is -0.570. The van der Waals surface area contributed by atoms with Crippen molar-refractivity contribution in [2.75, 3.05) is 13.6 Å². The van der Waals surface area contributed by atoms with Gasteiger partial charge in [0.2, 0.25) is 0 Å². The molecule has 1 N–H and O–H groups in total. The van der Waals surface area contributed by atoms with Crippen LogP contribution in [0.5, 0.6) is 0 Å². The van der Waals surface area contributed by atoms with E-state index in [4.69, 9.17) is 5.11 Å². The Balaban J connectivity index is 2.30. The van der Waals surface area contributed by atoms with Crippen LogP contribution in [-0.2, 0) is 4.79 Å². The van der Waals surface area contributed by atoms with Crippen molar-refractivity contribution < 1.29 is 9.90 Å². The minimum atomic E-state index is -0.682. The number of carbonyl (C=O) groups is 1. The Morgan fingerprint density at radius 3 is 2.62 bits per heavy atom. The molecule has 0 aliphatic heterocycles. The van der Waals surface area contributed by atoms with E-state index >= 15 is 0 Å². The number of carboxylic acids is 1. The van der Waals surface area contributed by atoms with E-state index in [0.29, 0.717) is 12.5 Å². The van der Waals surface area contributed by atoms with Crippen molar-refractivity contribution in [3.8, 4) is 0 Å². The van der Waals surface area contributed by atoms with Crippen molar-refractivity contribution in [1.29, 1.82) is 0 Å². The number of aliphatic carboxylic acids is 1. The van der Waals surface area contributed by atoms with Gasteiger partial charge in [0.1, 0.15) is 0 Å². The van der Waals surface area contributed by atoms with Crippen molar-refractivity contribution in [2.45, 2.75) is 52.0 Å². The molecule has 0 spiro atoms. The molecule has 94 valence electrons. The van der Waals surface area contributed by atoms with Gasteiger partial charge in [-0.15, -0.1) is 0 Å². The molecule has 1 aliphatic rings. The third-order valence-corrected chi connectivity index (χ3v) is 3.85. The van der Waals surface area contributed by atoms with Crippen molar-refractivity contribution >= 4 is 5.97 Å². The largest absolute Gasteiger partial charge is 0.481 e. The number of hydrogen-bond acceptors (Lipinski definition) is 2. The molecule has 1 rings (SSSR count). The van der Waals surface area contributed by atoms with E-state index in [1.807, 2.05) is 0 Å². The van der Waals surface area contributed by atoms with E-state index < -0.39 is 5.97 Å². The number of carboxylic acid groups (broad SMARTS) is 1. The SMILES string of the molecule is CC1CCC(N(C)CCCC(=O)O)C(C)C1. The molecule has 3 unspecified atom stereocenters. The Morgan fingerprint density at radius 1 is 1.38 bits per heavy atom. The minimum absolute atomic E-state index is 0.293. The van der Waals surface area contributed by atoms with Crippen molar-refractivity contribution in [3.63, 3.8) is 0 Å². The monoisotopic (exact) mass is 227 g/mol. The van der Waals surface area contributed by atoms with Gasteiger partial charge in [-0.2, -0.15) is 0 Å². The average molecular weight is 227 g/mol. The predicted molar refractivity (Wildman–Crippen MR) is 65.5 cm³/mol. The molecule has 0 aromatic carbocycles. The molecular formula is C13H25NO2. The quantitative estimate of drug-likeness (QED) is 0.785. The summed E-state index contributed by atoms with van der Waals surface area (Å²) in [6, 6.07) is 0.657. The first-order valence-electron chi connectivity index (χ1n) is 6.42. The second-order valence-corrected chi connectivity index (χ2v) is 5.44. The number of rotatable bonds is 5. The predicted octanol–water partition coefficient (Wildman–Crippen LogP) is 2.61. The van der Waals surface area contributed by atoms with E-state index in [1.54, 1.807) is 0 Å². The summed E-state index contributed by atoms with van der Waals surface area (Å²) in [7, 11) is 2.14. The van der Waals surface area contributed by atoms with E-state index in [9.17, 15) is 4.79 Å². The van der Waals surface area contributed by atoms with Crippen LogP contribution >= 0.6 is 0 Å². The Morgan fingerprint density at radius 2 is 2.06 bits per heavy atom. The summed E-state index contributed by atoms with van der Waals surface area (Å²) < 4.78 is 0. The maximum absolute atomic E-state index is 10.4. The summed E-state index contributed by atoms with van der Waals surface area (Å²) in [4.78, 5) is 12.8. The molecule has 0 heterocycles. The van der Waals surface area contributed by atoms with Gasteiger partial charge < -0.3 is 10.0 Å². The van der Waals surface area contributed by atoms with Crippen LogP contribution in [0.4, 0.5) is 0 Å². The molecule has 3 heteroatoms. The first-order valence-corrected chi connectivity index (χ1v) is 6.42. The highest BCUT2D eigenvalue weighted by Gasteiger charge is 2.27. The Kier molecular flexibility index (Phi) is 5.26. The zero-order chi connectivity index (χ0) is 12.1. The number of nitrogens with zero attached hydrogens (tertiary/aromatic N) is 1. The zero-order valence-electron chi connectivity index (χ0n) is 10.8. The summed E-state index contributed by atoms with van der Waals surface area (Å²) in [5, 5.41) is 8.60. The third-order valence-electron chi connectivity index (χ3n) is 3.85. The standard InChI is InChI=1S/C13H25NO2/c1-10-6-7-12(11(2)9-10)14(3)8-4-5-13(15)16/h10-12H,4-9H2,1-3H3,(H,15,16). The first kappa shape index (κ1) is 13.5. The smallest absolute Gasteiger partial charge is 0.303 e. The second kappa shape index (κ2) is 6.24. The minimum Gasteiger partial charge on any atom is -0.481 e. The molecular weight excluding hydrogens is 202 g/mol. The van der Waals surface area contributed by atoms with Gasteiger partial charge in [0, 0.05) is 12.5 Å². The second-order valence-electron chi connectivity index (χ2n) is 5.44. The summed E-state index contributed by atoms with van der Waals surface area (Å²) in [5.74, 6) is 0.927. The molecule has 1 aliphatic carbocycles. The van der Waals surface area contributed by atoms with Crippen molar-refractivity contribution in [1.82, 2.24) is 4.90 Å². The molecule has 0 saturated heterocycles. The lowest BCUT2D eigenvalue weighted by molar-refractivity contribution is -0.137. The summed E-state index contributed by atoms with van der Waals surface area (Å²) >= 11 is 0. The van der Waals surface area contributed by atoms with Crippen LogP contribution < -0.4 is 0 Å². The molecule has 3 nitrogen and oxygen atoms in total. The zero-order valence-corrected chi connectivity index (χ0v) is 10.8. The lowest BCUT2D eigenvalue weighted by atomic mass is 9.79. The summed E-state index contributed by atoms with van der Waals surface area (Å²) in [5.41, 5.74) is 0. The summed E-state index contributed by atoms with van der Waals surface area (Å²) in [6.07, 6.45) is 4.96. The van der Waals surface area contributed by atoms with Gasteiger partial charge in [0.05, 0.1) is 0 Å². The van der Waals surface area contributed by atoms with Crippen LogP contribution in [-0.4, -0.2) is 35.6 Å². The van der Waals surface area contributed by atoms with Crippen LogP contribution in [0.1, 0.15) is 46.0 Å². The maximum atomic E-state index is 10.4. The van der Waals surface area contributed by atoms with Gasteiger partial charge in [0.25, 0.3) is 0 Å². The normalized spacial score (nSPS) is 30.6. The van der Waals surface area contributed by atoms with Crippen molar-refractivity contribution in [3.05, 3.63) is 0 Å². The maximum Gasteiger partial charge on any atom is 0.303 e. The van der Waals surface area contributed by atoms with Crippen LogP contribution in [0.25, 0.3) is 0 Å². The van der Waals surface area contributed by atoms with Gasteiger partial charge in [-0.1, -0.05) is 13.8 Å². The van der Waals surface area contributed by atoms with E-state index in [0.717, 1.165) is 24.8 Å². The first-order chi connectivity index (χ1) is 7.50. The van der Waals surface area contributed by atoms with Gasteiger partial charge in [-0.3, -0.25) is 4.79 Å². The average Bonchev–Trinajstić information content (AvgIpc) is 2.16. The highest BCUT2D eigenvalue weighted by molar-refractivity contribution is 5.66. The van der Waals surface area contributed by atoms with Crippen LogP contribution in [0.15, 0.2) is 0 Å². The molecule has 0 aromatic rings. The van der Waals surface area contributed by atoms with E-state index in [1.165, 1.54) is 19.3 Å². The molecule has 0 radical (unpaired) electrons. The fourth-order valence-corrected chi connectivity index (χ4v) is 2.95. The fraction of sp³-hybridized carbons (Fsp3) is 0.923. The van der Waals surface area contributed by atoms with Gasteiger partial charge >= 0.3 is 5.97 Å². The molecule has 0 aromatic heterocycles. The van der Waals surface area contributed by atoms with Crippen LogP contribution in [0.2, 0.25) is 0 Å². The topological polar surface area (TPSA) is 40.5 Å². The Bertz CT molecular complexity index is 230. The van der Waals surface area contributed by atoms with Gasteiger partial charge in [-0.05, 0) is 51.1 Å². The lowest BCUT2D eigenvalue weighted by Crippen LogP contribution is -2.41. The highest BCUT2D eigenvalue weighted by atomic mass is 16.4. The molecule has 1 fully saturated rings. The highest BCUT2D eigenvalue weighted by Crippen LogP contribution is 2.31.